The Hall–Kier alpha value is -0.980. The number of ether oxygens (including phenoxy) is 2. The van der Waals surface area contributed by atoms with E-state index in [1.807, 2.05) is 4.90 Å². The van der Waals surface area contributed by atoms with E-state index in [4.69, 9.17) is 9.47 Å². The van der Waals surface area contributed by atoms with Gasteiger partial charge in [0.05, 0.1) is 26.4 Å². The molecule has 6 heteroatoms. The third kappa shape index (κ3) is 5.57. The highest BCUT2D eigenvalue weighted by Crippen LogP contribution is 2.03. The lowest BCUT2D eigenvalue weighted by Gasteiger charge is -2.21. The van der Waals surface area contributed by atoms with Crippen molar-refractivity contribution in [2.45, 2.75) is 6.42 Å². The predicted molar refractivity (Wildman–Crippen MR) is 66.4 cm³/mol. The van der Waals surface area contributed by atoms with E-state index in [1.165, 1.54) is 0 Å². The van der Waals surface area contributed by atoms with Gasteiger partial charge in [0, 0.05) is 39.7 Å². The van der Waals surface area contributed by atoms with Gasteiger partial charge < -0.3 is 19.2 Å². The number of methoxy groups -OCH3 is 1. The zero-order valence-electron chi connectivity index (χ0n) is 11.0. The van der Waals surface area contributed by atoms with Crippen LogP contribution in [0.25, 0.3) is 0 Å². The van der Waals surface area contributed by atoms with Gasteiger partial charge in [0.15, 0.2) is 0 Å². The molecule has 1 rings (SSSR count). The molecule has 0 N–H and O–H groups in total. The molecule has 1 saturated heterocycles. The van der Waals surface area contributed by atoms with Crippen molar-refractivity contribution in [2.75, 3.05) is 59.7 Å². The molecule has 0 saturated carbocycles. The highest BCUT2D eigenvalue weighted by molar-refractivity contribution is 5.76. The van der Waals surface area contributed by atoms with Crippen molar-refractivity contribution in [3.63, 3.8) is 0 Å². The molecule has 0 radical (unpaired) electrons. The van der Waals surface area contributed by atoms with Crippen LogP contribution in [0.4, 0.5) is 0 Å². The largest absolute Gasteiger partial charge is 0.382 e. The normalized spacial score (nSPS) is 17.8. The van der Waals surface area contributed by atoms with Crippen molar-refractivity contribution in [3.8, 4) is 0 Å². The summed E-state index contributed by atoms with van der Waals surface area (Å²) in [6.45, 7) is 4.75. The van der Waals surface area contributed by atoms with Gasteiger partial charge in [-0.05, 0) is 0 Å². The second-order valence-corrected chi connectivity index (χ2v) is 4.20. The first-order valence-electron chi connectivity index (χ1n) is 6.28. The van der Waals surface area contributed by atoms with Gasteiger partial charge in [-0.25, -0.2) is 0 Å². The van der Waals surface area contributed by atoms with Gasteiger partial charge in [-0.3, -0.25) is 9.69 Å². The molecule has 1 amide bonds. The van der Waals surface area contributed by atoms with Crippen LogP contribution in [0.3, 0.4) is 0 Å². The molecule has 0 atom stereocenters. The molecule has 0 aromatic heterocycles. The summed E-state index contributed by atoms with van der Waals surface area (Å²) < 4.78 is 10.2. The molecule has 1 heterocycles. The maximum atomic E-state index is 11.8. The van der Waals surface area contributed by atoms with E-state index < -0.39 is 0 Å². The third-order valence-electron chi connectivity index (χ3n) is 2.95. The summed E-state index contributed by atoms with van der Waals surface area (Å²) in [5, 5.41) is 0. The van der Waals surface area contributed by atoms with E-state index >= 15 is 0 Å². The molecule has 0 aliphatic carbocycles. The van der Waals surface area contributed by atoms with Crippen LogP contribution < -0.4 is 0 Å². The van der Waals surface area contributed by atoms with E-state index in [2.05, 4.69) is 0 Å². The minimum atomic E-state index is 0.138. The highest BCUT2D eigenvalue weighted by atomic mass is 16.5. The van der Waals surface area contributed by atoms with E-state index in [0.29, 0.717) is 52.4 Å². The Balaban J connectivity index is 2.23. The minimum absolute atomic E-state index is 0.138. The lowest BCUT2D eigenvalue weighted by Crippen LogP contribution is -2.36. The van der Waals surface area contributed by atoms with Crippen LogP contribution in [-0.2, 0) is 19.1 Å². The quantitative estimate of drug-likeness (QED) is 0.429. The molecule has 1 aliphatic rings. The maximum Gasteiger partial charge on any atom is 0.223 e. The van der Waals surface area contributed by atoms with Gasteiger partial charge in [-0.15, -0.1) is 0 Å². The summed E-state index contributed by atoms with van der Waals surface area (Å²) in [4.78, 5) is 26.1. The topological polar surface area (TPSA) is 59.1 Å². The smallest absolute Gasteiger partial charge is 0.223 e. The number of carbonyl (C=O) groups excluding carboxylic acids is 2. The lowest BCUT2D eigenvalue weighted by molar-refractivity contribution is -0.131. The summed E-state index contributed by atoms with van der Waals surface area (Å²) in [5.74, 6) is 0.138. The number of carbonyl (C=O) groups is 2. The zero-order valence-corrected chi connectivity index (χ0v) is 11.0. The molecule has 0 aromatic carbocycles. The van der Waals surface area contributed by atoms with Gasteiger partial charge in [0.25, 0.3) is 0 Å². The molecular weight excluding hydrogens is 236 g/mol. The molecule has 6 nitrogen and oxygen atoms in total. The summed E-state index contributed by atoms with van der Waals surface area (Å²) in [6, 6.07) is 0. The predicted octanol–water partition coefficient (Wildman–Crippen LogP) is -0.617. The molecule has 18 heavy (non-hydrogen) atoms. The van der Waals surface area contributed by atoms with Crippen LogP contribution in [0.2, 0.25) is 0 Å². The minimum Gasteiger partial charge on any atom is -0.382 e. The van der Waals surface area contributed by atoms with Crippen molar-refractivity contribution in [1.82, 2.24) is 9.80 Å². The Morgan fingerprint density at radius 1 is 1.22 bits per heavy atom. The average molecular weight is 258 g/mol. The average Bonchev–Trinajstić information content (AvgIpc) is 2.54. The first-order valence-corrected chi connectivity index (χ1v) is 6.28. The molecule has 0 spiro atoms. The third-order valence-corrected chi connectivity index (χ3v) is 2.95. The fourth-order valence-corrected chi connectivity index (χ4v) is 1.85. The number of nitrogens with zero attached hydrogens (tertiary/aromatic N) is 2. The van der Waals surface area contributed by atoms with Crippen LogP contribution in [-0.4, -0.2) is 81.6 Å². The Labute approximate surface area is 108 Å². The SMILES string of the molecule is COCCOCCN1CCN(CC=O)CCC1=O. The van der Waals surface area contributed by atoms with Crippen LogP contribution in [0.15, 0.2) is 0 Å². The van der Waals surface area contributed by atoms with Gasteiger partial charge in [0.1, 0.15) is 6.29 Å². The van der Waals surface area contributed by atoms with Crippen molar-refractivity contribution in [1.29, 1.82) is 0 Å². The lowest BCUT2D eigenvalue weighted by atomic mass is 10.3. The van der Waals surface area contributed by atoms with E-state index in [-0.39, 0.29) is 5.91 Å². The van der Waals surface area contributed by atoms with Crippen molar-refractivity contribution < 1.29 is 19.1 Å². The Kier molecular flexibility index (Phi) is 7.55. The molecule has 0 bridgehead atoms. The van der Waals surface area contributed by atoms with E-state index in [9.17, 15) is 9.59 Å². The zero-order chi connectivity index (χ0) is 13.2. The number of hydrogen-bond acceptors (Lipinski definition) is 5. The van der Waals surface area contributed by atoms with Crippen molar-refractivity contribution in [3.05, 3.63) is 0 Å². The summed E-state index contributed by atoms with van der Waals surface area (Å²) in [6.07, 6.45) is 1.36. The number of aldehydes is 1. The standard InChI is InChI=1S/C12H22N2O4/c1-17-10-11-18-9-7-14-5-4-13(6-8-15)3-2-12(14)16/h8H,2-7,9-11H2,1H3. The number of amides is 1. The van der Waals surface area contributed by atoms with Gasteiger partial charge in [-0.2, -0.15) is 0 Å². The van der Waals surface area contributed by atoms with Crippen molar-refractivity contribution >= 4 is 12.2 Å². The number of hydrogen-bond donors (Lipinski definition) is 0. The monoisotopic (exact) mass is 258 g/mol. The summed E-state index contributed by atoms with van der Waals surface area (Å²) in [7, 11) is 1.63. The second kappa shape index (κ2) is 9.02. The summed E-state index contributed by atoms with van der Waals surface area (Å²) in [5.41, 5.74) is 0. The molecular formula is C12H22N2O4. The molecule has 0 aromatic rings. The Morgan fingerprint density at radius 3 is 2.78 bits per heavy atom. The van der Waals surface area contributed by atoms with Crippen molar-refractivity contribution in [2.24, 2.45) is 0 Å². The molecule has 1 aliphatic heterocycles. The fourth-order valence-electron chi connectivity index (χ4n) is 1.85. The first-order chi connectivity index (χ1) is 8.77. The van der Waals surface area contributed by atoms with Gasteiger partial charge in [-0.1, -0.05) is 0 Å². The fraction of sp³-hybridized carbons (Fsp3) is 0.833. The van der Waals surface area contributed by atoms with E-state index in [0.717, 1.165) is 12.8 Å². The van der Waals surface area contributed by atoms with Gasteiger partial charge >= 0.3 is 0 Å². The second-order valence-electron chi connectivity index (χ2n) is 4.20. The number of rotatable bonds is 8. The summed E-state index contributed by atoms with van der Waals surface area (Å²) >= 11 is 0. The van der Waals surface area contributed by atoms with Crippen LogP contribution in [0, 0.1) is 0 Å². The Bertz CT molecular complexity index is 260. The van der Waals surface area contributed by atoms with E-state index in [1.54, 1.807) is 12.0 Å². The van der Waals surface area contributed by atoms with Crippen LogP contribution >= 0.6 is 0 Å². The maximum absolute atomic E-state index is 11.8. The highest BCUT2D eigenvalue weighted by Gasteiger charge is 2.19. The molecule has 0 unspecified atom stereocenters. The molecule has 104 valence electrons. The van der Waals surface area contributed by atoms with Crippen LogP contribution in [0.1, 0.15) is 6.42 Å². The first kappa shape index (κ1) is 15.1. The van der Waals surface area contributed by atoms with Gasteiger partial charge in [0.2, 0.25) is 5.91 Å². The molecule has 1 fully saturated rings. The Morgan fingerprint density at radius 2 is 2.06 bits per heavy atom. The van der Waals surface area contributed by atoms with Crippen LogP contribution in [0.5, 0.6) is 0 Å².